The van der Waals surface area contributed by atoms with Crippen LogP contribution in [0.1, 0.15) is 52.1 Å². The third-order valence-electron chi connectivity index (χ3n) is 6.81. The summed E-state index contributed by atoms with van der Waals surface area (Å²) in [7, 11) is 1.72. The summed E-state index contributed by atoms with van der Waals surface area (Å²) in [5.41, 5.74) is 0.943. The number of aromatic nitrogens is 2. The summed E-state index contributed by atoms with van der Waals surface area (Å²) in [6.07, 6.45) is -2.33. The van der Waals surface area contributed by atoms with Gasteiger partial charge in [-0.15, -0.1) is 0 Å². The van der Waals surface area contributed by atoms with E-state index in [9.17, 15) is 22.8 Å². The monoisotopic (exact) mass is 651 g/mol. The number of hydrogen-bond acceptors (Lipinski definition) is 3. The zero-order valence-corrected chi connectivity index (χ0v) is 23.2. The fourth-order valence-electron chi connectivity index (χ4n) is 4.73. The van der Waals surface area contributed by atoms with E-state index < -0.39 is 11.7 Å². The average Bonchev–Trinajstić information content (AvgIpc) is 3.12. The van der Waals surface area contributed by atoms with Gasteiger partial charge in [-0.3, -0.25) is 9.59 Å². The van der Waals surface area contributed by atoms with Crippen LogP contribution in [0, 0.1) is 12.8 Å². The van der Waals surface area contributed by atoms with Crippen LogP contribution in [-0.2, 0) is 24.4 Å². The Balaban J connectivity index is 1.62. The molecule has 1 saturated heterocycles. The Morgan fingerprint density at radius 1 is 1.14 bits per heavy atom. The van der Waals surface area contributed by atoms with E-state index in [4.69, 9.17) is 23.2 Å². The smallest absolute Gasteiger partial charge is 0.339 e. The van der Waals surface area contributed by atoms with Gasteiger partial charge >= 0.3 is 6.18 Å². The van der Waals surface area contributed by atoms with E-state index in [1.807, 2.05) is 0 Å². The van der Waals surface area contributed by atoms with E-state index in [2.05, 4.69) is 4.98 Å². The highest BCUT2D eigenvalue weighted by Gasteiger charge is 2.34. The Morgan fingerprint density at radius 3 is 2.42 bits per heavy atom. The van der Waals surface area contributed by atoms with Gasteiger partial charge < -0.3 is 9.47 Å². The van der Waals surface area contributed by atoms with Crippen LogP contribution in [-0.4, -0.2) is 37.2 Å². The minimum Gasteiger partial charge on any atom is -0.339 e. The van der Waals surface area contributed by atoms with E-state index in [-0.39, 0.29) is 38.1 Å². The van der Waals surface area contributed by atoms with Crippen molar-refractivity contribution >= 4 is 66.5 Å². The first-order chi connectivity index (χ1) is 16.9. The Hall–Kier alpha value is -1.85. The van der Waals surface area contributed by atoms with Crippen LogP contribution in [0.15, 0.2) is 24.3 Å². The number of halogens is 6. The quantitative estimate of drug-likeness (QED) is 0.221. The number of amides is 1. The number of benzene rings is 2. The largest absolute Gasteiger partial charge is 0.416 e. The Labute approximate surface area is 230 Å². The van der Waals surface area contributed by atoms with Crippen molar-refractivity contribution < 1.29 is 22.8 Å². The molecule has 36 heavy (non-hydrogen) atoms. The molecule has 0 N–H and O–H groups in total. The third-order valence-corrected chi connectivity index (χ3v) is 8.03. The molecule has 3 aromatic rings. The molecule has 0 radical (unpaired) electrons. The molecule has 0 spiro atoms. The van der Waals surface area contributed by atoms with Gasteiger partial charge in [-0.25, -0.2) is 4.98 Å². The van der Waals surface area contributed by atoms with Crippen molar-refractivity contribution in [1.29, 1.82) is 0 Å². The summed E-state index contributed by atoms with van der Waals surface area (Å²) < 4.78 is 41.9. The van der Waals surface area contributed by atoms with Crippen LogP contribution in [0.5, 0.6) is 0 Å². The van der Waals surface area contributed by atoms with Crippen LogP contribution < -0.4 is 0 Å². The van der Waals surface area contributed by atoms with Gasteiger partial charge in [0.2, 0.25) is 0 Å². The number of rotatable bonds is 5. The lowest BCUT2D eigenvalue weighted by molar-refractivity contribution is -0.138. The number of carbonyl (C=O) groups excluding carboxylic acids is 2. The number of aryl methyl sites for hydroxylation is 2. The molecule has 0 atom stereocenters. The van der Waals surface area contributed by atoms with Crippen LogP contribution in [0.3, 0.4) is 0 Å². The van der Waals surface area contributed by atoms with Crippen molar-refractivity contribution in [3.8, 4) is 0 Å². The van der Waals surface area contributed by atoms with Crippen LogP contribution >= 0.6 is 45.8 Å². The van der Waals surface area contributed by atoms with Gasteiger partial charge in [0.1, 0.15) is 5.82 Å². The molecule has 11 heteroatoms. The standard InChI is InChI=1S/C25H23Cl2F3IN3O2/c1-13-17(25(28,29)30)4-6-19-23(13)32-21(33(19)2)12-16-18(26)5-3-15(22(16)27)24(36)34-9-7-14(8-10-34)11-20(31)35/h3-6,14H,7-12H2,1-2H3. The van der Waals surface area contributed by atoms with Crippen LogP contribution in [0.2, 0.25) is 10.0 Å². The summed E-state index contributed by atoms with van der Waals surface area (Å²) >= 11 is 14.9. The first kappa shape index (κ1) is 27.2. The minimum absolute atomic E-state index is 0.0515. The van der Waals surface area contributed by atoms with Crippen molar-refractivity contribution in [2.45, 2.75) is 38.8 Å². The van der Waals surface area contributed by atoms with E-state index >= 15 is 0 Å². The van der Waals surface area contributed by atoms with Crippen molar-refractivity contribution in [2.75, 3.05) is 13.1 Å². The number of imidazole rings is 1. The van der Waals surface area contributed by atoms with Crippen molar-refractivity contribution in [2.24, 2.45) is 13.0 Å². The van der Waals surface area contributed by atoms with Gasteiger partial charge in [0.25, 0.3) is 5.91 Å². The molecule has 1 fully saturated rings. The Morgan fingerprint density at radius 2 is 1.81 bits per heavy atom. The first-order valence-electron chi connectivity index (χ1n) is 11.3. The topological polar surface area (TPSA) is 55.2 Å². The van der Waals surface area contributed by atoms with Crippen molar-refractivity contribution in [3.63, 3.8) is 0 Å². The molecule has 1 aromatic heterocycles. The van der Waals surface area contributed by atoms with Crippen molar-refractivity contribution in [3.05, 3.63) is 62.4 Å². The van der Waals surface area contributed by atoms with E-state index in [0.717, 1.165) is 18.9 Å². The molecule has 2 aromatic carbocycles. The number of fused-ring (bicyclic) bond motifs is 1. The predicted molar refractivity (Wildman–Crippen MR) is 142 cm³/mol. The molecular weight excluding hydrogens is 629 g/mol. The van der Waals surface area contributed by atoms with Crippen LogP contribution in [0.4, 0.5) is 13.2 Å². The lowest BCUT2D eigenvalue weighted by Gasteiger charge is -2.32. The molecule has 0 bridgehead atoms. The average molecular weight is 652 g/mol. The van der Waals surface area contributed by atoms with E-state index in [0.29, 0.717) is 47.0 Å². The highest BCUT2D eigenvalue weighted by atomic mass is 127. The SMILES string of the molecule is Cc1c(C(F)(F)F)ccc2c1nc(Cc1c(Cl)ccc(C(=O)N3CCC(CC(=O)I)CC3)c1Cl)n2C. The fourth-order valence-corrected chi connectivity index (χ4v) is 5.93. The number of nitrogens with zero attached hydrogens (tertiary/aromatic N) is 3. The van der Waals surface area contributed by atoms with Gasteiger partial charge in [-0.05, 0) is 83.7 Å². The Bertz CT molecular complexity index is 1350. The molecule has 192 valence electrons. The normalized spacial score (nSPS) is 15.1. The zero-order chi connectivity index (χ0) is 26.4. The maximum atomic E-state index is 13.4. The second-order valence-corrected chi connectivity index (χ2v) is 11.0. The molecule has 1 aliphatic heterocycles. The predicted octanol–water partition coefficient (Wildman–Crippen LogP) is 7.00. The van der Waals surface area contributed by atoms with Gasteiger partial charge in [0.05, 0.1) is 27.2 Å². The summed E-state index contributed by atoms with van der Waals surface area (Å²) in [6, 6.07) is 5.65. The lowest BCUT2D eigenvalue weighted by Crippen LogP contribution is -2.39. The first-order valence-corrected chi connectivity index (χ1v) is 13.2. The Kier molecular flexibility index (Phi) is 7.92. The molecule has 0 unspecified atom stereocenters. The van der Waals surface area contributed by atoms with Crippen molar-refractivity contribution in [1.82, 2.24) is 14.5 Å². The van der Waals surface area contributed by atoms with E-state index in [1.165, 1.54) is 13.0 Å². The molecule has 5 nitrogen and oxygen atoms in total. The second-order valence-electron chi connectivity index (χ2n) is 9.05. The maximum absolute atomic E-state index is 13.4. The molecule has 1 aliphatic rings. The number of alkyl halides is 3. The zero-order valence-electron chi connectivity index (χ0n) is 19.6. The molecule has 0 saturated carbocycles. The molecule has 4 rings (SSSR count). The highest BCUT2D eigenvalue weighted by Crippen LogP contribution is 2.36. The summed E-state index contributed by atoms with van der Waals surface area (Å²) in [4.78, 5) is 30.9. The third kappa shape index (κ3) is 5.38. The number of likely N-dealkylation sites (tertiary alicyclic amines) is 1. The van der Waals surface area contributed by atoms with Gasteiger partial charge in [0.15, 0.2) is 3.79 Å². The molecular formula is C25H23Cl2F3IN3O2. The molecule has 0 aliphatic carbocycles. The number of piperidine rings is 1. The van der Waals surface area contributed by atoms with Gasteiger partial charge in [-0.2, -0.15) is 13.2 Å². The minimum atomic E-state index is -4.47. The second kappa shape index (κ2) is 10.5. The van der Waals surface area contributed by atoms with Gasteiger partial charge in [-0.1, -0.05) is 23.2 Å². The van der Waals surface area contributed by atoms with Gasteiger partial charge in [0, 0.05) is 38.0 Å². The molecule has 1 amide bonds. The van der Waals surface area contributed by atoms with Crippen LogP contribution in [0.25, 0.3) is 11.0 Å². The number of carbonyl (C=O) groups is 2. The lowest BCUT2D eigenvalue weighted by atomic mass is 9.93. The fraction of sp³-hybridized carbons (Fsp3) is 0.400. The summed E-state index contributed by atoms with van der Waals surface area (Å²) in [5, 5.41) is 0.549. The van der Waals surface area contributed by atoms with E-state index in [1.54, 1.807) is 51.2 Å². The highest BCUT2D eigenvalue weighted by molar-refractivity contribution is 14.1. The summed E-state index contributed by atoms with van der Waals surface area (Å²) in [6.45, 7) is 2.47. The molecule has 2 heterocycles. The number of hydrogen-bond donors (Lipinski definition) is 0. The maximum Gasteiger partial charge on any atom is 0.416 e. The summed E-state index contributed by atoms with van der Waals surface area (Å²) in [5.74, 6) is 0.534.